The van der Waals surface area contributed by atoms with Crippen molar-refractivity contribution in [3.05, 3.63) is 65.4 Å². The van der Waals surface area contributed by atoms with Crippen LogP contribution in [0.1, 0.15) is 69.3 Å². The van der Waals surface area contributed by atoms with Gasteiger partial charge in [0.2, 0.25) is 0 Å². The van der Waals surface area contributed by atoms with Crippen molar-refractivity contribution in [3.63, 3.8) is 0 Å². The van der Waals surface area contributed by atoms with E-state index in [4.69, 9.17) is 9.97 Å². The third-order valence-electron chi connectivity index (χ3n) is 7.84. The summed E-state index contributed by atoms with van der Waals surface area (Å²) >= 11 is 0. The number of alkyl halides is 1. The molecule has 3 aromatic rings. The van der Waals surface area contributed by atoms with Gasteiger partial charge in [-0.1, -0.05) is 32.4 Å². The van der Waals surface area contributed by atoms with Crippen LogP contribution in [-0.2, 0) is 23.3 Å². The smallest absolute Gasteiger partial charge is 0.160 e. The third kappa shape index (κ3) is 4.39. The molecular weight excluding hydrogens is 444 g/mol. The molecule has 2 aliphatic rings. The van der Waals surface area contributed by atoms with Crippen LogP contribution in [0.2, 0.25) is 0 Å². The monoisotopic (exact) mass is 475 g/mol. The van der Waals surface area contributed by atoms with Gasteiger partial charge >= 0.3 is 0 Å². The maximum absolute atomic E-state index is 15.1. The zero-order chi connectivity index (χ0) is 24.6. The Morgan fingerprint density at radius 1 is 1.14 bits per heavy atom. The Morgan fingerprint density at radius 3 is 2.74 bits per heavy atom. The second kappa shape index (κ2) is 9.56. The van der Waals surface area contributed by atoms with E-state index in [1.165, 1.54) is 6.07 Å². The number of ketones is 1. The number of carbonyl (C=O) groups excluding carboxylic acids is 1. The Kier molecular flexibility index (Phi) is 6.47. The summed E-state index contributed by atoms with van der Waals surface area (Å²) in [5.74, 6) is 1.21. The van der Waals surface area contributed by atoms with Gasteiger partial charge in [0, 0.05) is 41.1 Å². The zero-order valence-electron chi connectivity index (χ0n) is 20.4. The molecule has 0 saturated heterocycles. The highest BCUT2D eigenvalue weighted by Crippen LogP contribution is 2.53. The lowest BCUT2D eigenvalue weighted by Gasteiger charge is -2.48. The van der Waals surface area contributed by atoms with Crippen LogP contribution in [0.15, 0.2) is 42.6 Å². The molecule has 2 atom stereocenters. The van der Waals surface area contributed by atoms with Gasteiger partial charge in [-0.25, -0.2) is 18.7 Å². The van der Waals surface area contributed by atoms with Crippen LogP contribution < -0.4 is 0 Å². The van der Waals surface area contributed by atoms with Gasteiger partial charge in [0.1, 0.15) is 18.3 Å². The first-order valence-electron chi connectivity index (χ1n) is 12.6. The fourth-order valence-corrected chi connectivity index (χ4v) is 5.97. The van der Waals surface area contributed by atoms with Crippen LogP contribution in [0.25, 0.3) is 22.6 Å². The number of halogens is 2. The molecule has 2 heterocycles. The van der Waals surface area contributed by atoms with Crippen LogP contribution in [0.5, 0.6) is 0 Å². The van der Waals surface area contributed by atoms with E-state index >= 15 is 4.39 Å². The largest absolute Gasteiger partial charge is 0.300 e. The van der Waals surface area contributed by atoms with Gasteiger partial charge in [0.15, 0.2) is 5.82 Å². The number of fused-ring (bicyclic) bond motifs is 3. The average molecular weight is 476 g/mol. The molecule has 0 bridgehead atoms. The lowest BCUT2D eigenvalue weighted by molar-refractivity contribution is -0.123. The maximum atomic E-state index is 15.1. The number of carbonyl (C=O) groups is 1. The third-order valence-corrected chi connectivity index (χ3v) is 7.84. The van der Waals surface area contributed by atoms with Gasteiger partial charge in [-0.05, 0) is 61.8 Å². The van der Waals surface area contributed by atoms with Crippen molar-refractivity contribution in [2.75, 3.05) is 0 Å². The van der Waals surface area contributed by atoms with Crippen molar-refractivity contribution in [2.24, 2.45) is 11.8 Å². The van der Waals surface area contributed by atoms with Gasteiger partial charge in [0.05, 0.1) is 17.1 Å². The molecule has 1 aromatic carbocycles. The summed E-state index contributed by atoms with van der Waals surface area (Å²) in [7, 11) is 0. The molecule has 182 valence electrons. The highest BCUT2D eigenvalue weighted by atomic mass is 19.1. The first-order valence-corrected chi connectivity index (χ1v) is 12.6. The van der Waals surface area contributed by atoms with Crippen LogP contribution in [-0.4, -0.2) is 20.7 Å². The van der Waals surface area contributed by atoms with E-state index < -0.39 is 6.67 Å². The predicted molar refractivity (Wildman–Crippen MR) is 132 cm³/mol. The van der Waals surface area contributed by atoms with E-state index in [9.17, 15) is 9.18 Å². The molecule has 5 rings (SSSR count). The number of hydrogen-bond donors (Lipinski definition) is 0. The minimum atomic E-state index is -0.679. The summed E-state index contributed by atoms with van der Waals surface area (Å²) in [5.41, 5.74) is 3.77. The summed E-state index contributed by atoms with van der Waals surface area (Å²) in [6, 6.07) is 10.2. The predicted octanol–water partition coefficient (Wildman–Crippen LogP) is 6.80. The molecule has 2 aliphatic carbocycles. The van der Waals surface area contributed by atoms with Gasteiger partial charge in [-0.3, -0.25) is 9.78 Å². The highest BCUT2D eigenvalue weighted by molar-refractivity contribution is 5.80. The Morgan fingerprint density at radius 2 is 1.97 bits per heavy atom. The molecule has 1 fully saturated rings. The highest BCUT2D eigenvalue weighted by Gasteiger charge is 2.49. The van der Waals surface area contributed by atoms with E-state index in [0.29, 0.717) is 59.3 Å². The fourth-order valence-electron chi connectivity index (χ4n) is 5.97. The first kappa shape index (κ1) is 23.7. The molecule has 4 nitrogen and oxygen atoms in total. The Bertz CT molecular complexity index is 1260. The lowest BCUT2D eigenvalue weighted by atomic mass is 9.56. The summed E-state index contributed by atoms with van der Waals surface area (Å²) in [4.78, 5) is 26.6. The summed E-state index contributed by atoms with van der Waals surface area (Å²) in [6.07, 6.45) is 7.00. The molecule has 0 spiro atoms. The topological polar surface area (TPSA) is 55.7 Å². The maximum Gasteiger partial charge on any atom is 0.160 e. The quantitative estimate of drug-likeness (QED) is 0.393. The van der Waals surface area contributed by atoms with Crippen LogP contribution in [0.3, 0.4) is 0 Å². The van der Waals surface area contributed by atoms with E-state index in [1.807, 2.05) is 6.07 Å². The second-order valence-electron chi connectivity index (χ2n) is 10.4. The van der Waals surface area contributed by atoms with E-state index in [1.54, 1.807) is 30.5 Å². The number of hydrogen-bond acceptors (Lipinski definition) is 4. The normalized spacial score (nSPS) is 21.6. The fraction of sp³-hybridized carbons (Fsp3) is 0.448. The Labute approximate surface area is 205 Å². The minimum Gasteiger partial charge on any atom is -0.300 e. The van der Waals surface area contributed by atoms with Gasteiger partial charge < -0.3 is 0 Å². The van der Waals surface area contributed by atoms with Crippen molar-refractivity contribution < 1.29 is 13.6 Å². The van der Waals surface area contributed by atoms with Gasteiger partial charge in [-0.2, -0.15) is 0 Å². The number of aromatic nitrogens is 3. The Hall–Kier alpha value is -3.02. The average Bonchev–Trinajstić information content (AvgIpc) is 2.87. The molecule has 35 heavy (non-hydrogen) atoms. The van der Waals surface area contributed by atoms with Crippen LogP contribution in [0.4, 0.5) is 8.78 Å². The summed E-state index contributed by atoms with van der Waals surface area (Å²) in [6.45, 7) is 3.76. The number of benzene rings is 1. The second-order valence-corrected chi connectivity index (χ2v) is 10.4. The van der Waals surface area contributed by atoms with E-state index in [-0.39, 0.29) is 17.2 Å². The van der Waals surface area contributed by atoms with Crippen molar-refractivity contribution in [1.82, 2.24) is 15.0 Å². The number of nitrogens with zero attached hydrogens (tertiary/aromatic N) is 3. The molecule has 6 heteroatoms. The number of Topliss-reactive ketones (excluding diaryl/α,β-unsaturated/α-hetero) is 1. The summed E-state index contributed by atoms with van der Waals surface area (Å²) < 4.78 is 28.5. The molecule has 0 radical (unpaired) electrons. The van der Waals surface area contributed by atoms with Gasteiger partial charge in [-0.15, -0.1) is 0 Å². The number of rotatable bonds is 6. The SMILES string of the molecule is CC(C)CC[C@@]12CCC(=O)C[C@H]1CCc1c(-c3ccccc3F)nc(-c3ccnc(CF)c3)nc12. The standard InChI is InChI=1S/C29H31F2N3O/c1-18(2)9-12-29-13-10-22(35)16-20(29)7-8-24-26(23-5-3-4-6-25(23)31)33-28(34-27(24)29)19-11-14-32-21(15-19)17-30/h3-6,11,14-15,18,20H,7-10,12-13,16-17H2,1-2H3/t20-,29-/m1/s1. The molecule has 0 aliphatic heterocycles. The molecule has 2 aromatic heterocycles. The summed E-state index contributed by atoms with van der Waals surface area (Å²) in [5, 5.41) is 0. The molecule has 0 N–H and O–H groups in total. The van der Waals surface area contributed by atoms with Crippen molar-refractivity contribution >= 4 is 5.78 Å². The van der Waals surface area contributed by atoms with Crippen LogP contribution in [0, 0.1) is 17.7 Å². The van der Waals surface area contributed by atoms with Crippen molar-refractivity contribution in [2.45, 2.75) is 70.9 Å². The molecule has 1 saturated carbocycles. The van der Waals surface area contributed by atoms with Gasteiger partial charge in [0.25, 0.3) is 0 Å². The first-order chi connectivity index (χ1) is 16.9. The van der Waals surface area contributed by atoms with E-state index in [2.05, 4.69) is 18.8 Å². The Balaban J connectivity index is 1.76. The van der Waals surface area contributed by atoms with E-state index in [0.717, 1.165) is 36.9 Å². The number of pyridine rings is 1. The zero-order valence-corrected chi connectivity index (χ0v) is 20.4. The van der Waals surface area contributed by atoms with Crippen molar-refractivity contribution in [1.29, 1.82) is 0 Å². The lowest BCUT2D eigenvalue weighted by Crippen LogP contribution is -2.45. The molecule has 0 unspecified atom stereocenters. The molecular formula is C29H31F2N3O. The van der Waals surface area contributed by atoms with Crippen LogP contribution >= 0.6 is 0 Å². The van der Waals surface area contributed by atoms with Crippen molar-refractivity contribution in [3.8, 4) is 22.6 Å². The minimum absolute atomic E-state index is 0.227. The molecule has 0 amide bonds.